The first-order valence-electron chi connectivity index (χ1n) is 6.13. The van der Waals surface area contributed by atoms with Gasteiger partial charge < -0.3 is 5.32 Å². The van der Waals surface area contributed by atoms with Crippen LogP contribution in [0.5, 0.6) is 0 Å². The molecule has 8 heteroatoms. The molecule has 1 atom stereocenters. The summed E-state index contributed by atoms with van der Waals surface area (Å²) in [5.41, 5.74) is 0.869. The zero-order chi connectivity index (χ0) is 15.7. The van der Waals surface area contributed by atoms with Crippen LogP contribution < -0.4 is 5.32 Å². The number of hydrogen-bond acceptors (Lipinski definition) is 5. The van der Waals surface area contributed by atoms with Gasteiger partial charge in [-0.15, -0.1) is 11.3 Å². The Morgan fingerprint density at radius 3 is 2.67 bits per heavy atom. The number of anilines is 1. The molecule has 0 spiro atoms. The van der Waals surface area contributed by atoms with Gasteiger partial charge in [-0.1, -0.05) is 0 Å². The Bertz CT molecular complexity index is 705. The van der Waals surface area contributed by atoms with E-state index < -0.39 is 10.7 Å². The van der Waals surface area contributed by atoms with Crippen molar-refractivity contribution < 1.29 is 9.31 Å². The Balaban J connectivity index is 2.36. The minimum Gasteiger partial charge on any atom is -0.372 e. The molecule has 21 heavy (non-hydrogen) atoms. The average Bonchev–Trinajstić information content (AvgIpc) is 2.72. The minimum absolute atomic E-state index is 0.160. The van der Waals surface area contributed by atoms with E-state index in [1.165, 1.54) is 17.4 Å². The van der Waals surface area contributed by atoms with Crippen molar-refractivity contribution in [1.29, 1.82) is 0 Å². The maximum atomic E-state index is 13.5. The summed E-state index contributed by atoms with van der Waals surface area (Å²) in [6.45, 7) is 5.69. The number of thiazole rings is 1. The fourth-order valence-corrected chi connectivity index (χ4v) is 3.32. The van der Waals surface area contributed by atoms with Crippen LogP contribution in [0.15, 0.2) is 16.6 Å². The third-order valence-electron chi connectivity index (χ3n) is 2.94. The summed E-state index contributed by atoms with van der Waals surface area (Å²) in [4.78, 5) is 15.8. The molecule has 0 aliphatic carbocycles. The molecule has 2 aromatic rings. The van der Waals surface area contributed by atoms with E-state index in [4.69, 9.17) is 0 Å². The maximum Gasteiger partial charge on any atom is 0.295 e. The highest BCUT2D eigenvalue weighted by atomic mass is 79.9. The number of benzene rings is 1. The average molecular weight is 374 g/mol. The summed E-state index contributed by atoms with van der Waals surface area (Å²) >= 11 is 4.58. The normalized spacial score (nSPS) is 12.2. The number of hydrogen-bond donors (Lipinski definition) is 1. The smallest absolute Gasteiger partial charge is 0.295 e. The van der Waals surface area contributed by atoms with E-state index in [1.807, 2.05) is 20.8 Å². The van der Waals surface area contributed by atoms with Gasteiger partial charge in [0.25, 0.3) is 5.69 Å². The number of nitro groups is 1. The van der Waals surface area contributed by atoms with Crippen LogP contribution in [0, 0.1) is 29.8 Å². The lowest BCUT2D eigenvalue weighted by Crippen LogP contribution is -2.08. The summed E-state index contributed by atoms with van der Waals surface area (Å²) in [6, 6.07) is 2.13. The second-order valence-electron chi connectivity index (χ2n) is 4.59. The van der Waals surface area contributed by atoms with Gasteiger partial charge in [-0.2, -0.15) is 0 Å². The van der Waals surface area contributed by atoms with Crippen LogP contribution in [0.3, 0.4) is 0 Å². The van der Waals surface area contributed by atoms with Gasteiger partial charge in [0.05, 0.1) is 32.2 Å². The van der Waals surface area contributed by atoms with Crippen molar-refractivity contribution in [3.8, 4) is 0 Å². The van der Waals surface area contributed by atoms with Crippen LogP contribution in [0.25, 0.3) is 0 Å². The summed E-state index contributed by atoms with van der Waals surface area (Å²) < 4.78 is 13.6. The Morgan fingerprint density at radius 2 is 2.14 bits per heavy atom. The molecule has 0 amide bonds. The van der Waals surface area contributed by atoms with Crippen LogP contribution in [0.1, 0.15) is 28.5 Å². The number of aryl methyl sites for hydroxylation is 2. The quantitative estimate of drug-likeness (QED) is 0.620. The second kappa shape index (κ2) is 6.07. The van der Waals surface area contributed by atoms with Crippen molar-refractivity contribution >= 4 is 38.6 Å². The Kier molecular flexibility index (Phi) is 4.58. The van der Waals surface area contributed by atoms with Gasteiger partial charge in [0.15, 0.2) is 0 Å². The molecule has 1 unspecified atom stereocenters. The molecule has 0 saturated heterocycles. The van der Waals surface area contributed by atoms with Gasteiger partial charge in [0, 0.05) is 4.88 Å². The minimum atomic E-state index is -0.662. The first kappa shape index (κ1) is 15.8. The molecule has 0 aliphatic rings. The molecule has 1 aromatic carbocycles. The van der Waals surface area contributed by atoms with E-state index >= 15 is 0 Å². The van der Waals surface area contributed by atoms with E-state index in [2.05, 4.69) is 26.2 Å². The number of rotatable bonds is 4. The fourth-order valence-electron chi connectivity index (χ4n) is 2.05. The molecule has 112 valence electrons. The molecule has 0 aliphatic heterocycles. The van der Waals surface area contributed by atoms with Crippen LogP contribution >= 0.6 is 27.3 Å². The van der Waals surface area contributed by atoms with Crippen molar-refractivity contribution in [2.45, 2.75) is 26.8 Å². The lowest BCUT2D eigenvalue weighted by molar-refractivity contribution is -0.384. The molecule has 1 aromatic heterocycles. The topological polar surface area (TPSA) is 68.1 Å². The zero-order valence-corrected chi connectivity index (χ0v) is 14.0. The van der Waals surface area contributed by atoms with Gasteiger partial charge in [0.2, 0.25) is 0 Å². The molecular weight excluding hydrogens is 361 g/mol. The van der Waals surface area contributed by atoms with E-state index in [1.54, 1.807) is 0 Å². The summed E-state index contributed by atoms with van der Waals surface area (Å²) in [7, 11) is 0. The van der Waals surface area contributed by atoms with E-state index in [0.29, 0.717) is 0 Å². The second-order valence-corrected chi connectivity index (χ2v) is 6.68. The van der Waals surface area contributed by atoms with Crippen LogP contribution in [0.4, 0.5) is 15.8 Å². The van der Waals surface area contributed by atoms with E-state index in [-0.39, 0.29) is 21.9 Å². The third-order valence-corrected chi connectivity index (χ3v) is 4.80. The van der Waals surface area contributed by atoms with E-state index in [9.17, 15) is 14.5 Å². The molecule has 0 radical (unpaired) electrons. The summed E-state index contributed by atoms with van der Waals surface area (Å²) in [5.74, 6) is -0.662. The molecule has 0 bridgehead atoms. The Labute approximate surface area is 133 Å². The molecular formula is C13H13BrFN3O2S. The number of aromatic nitrogens is 1. The first-order valence-corrected chi connectivity index (χ1v) is 7.74. The lowest BCUT2D eigenvalue weighted by atomic mass is 10.2. The van der Waals surface area contributed by atoms with Crippen molar-refractivity contribution in [1.82, 2.24) is 4.98 Å². The Morgan fingerprint density at radius 1 is 1.48 bits per heavy atom. The number of nitro benzene ring substituents is 1. The number of halogens is 2. The highest BCUT2D eigenvalue weighted by Crippen LogP contribution is 2.34. The van der Waals surface area contributed by atoms with Gasteiger partial charge in [-0.05, 0) is 42.8 Å². The largest absolute Gasteiger partial charge is 0.372 e. The van der Waals surface area contributed by atoms with Crippen molar-refractivity contribution in [3.63, 3.8) is 0 Å². The highest BCUT2D eigenvalue weighted by molar-refractivity contribution is 9.10. The Hall–Kier alpha value is -1.54. The van der Waals surface area contributed by atoms with Gasteiger partial charge in [-0.25, -0.2) is 9.37 Å². The van der Waals surface area contributed by atoms with Crippen molar-refractivity contribution in [3.05, 3.63) is 48.1 Å². The van der Waals surface area contributed by atoms with Gasteiger partial charge in [0.1, 0.15) is 11.5 Å². The van der Waals surface area contributed by atoms with Crippen molar-refractivity contribution in [2.75, 3.05) is 5.32 Å². The van der Waals surface area contributed by atoms with E-state index in [0.717, 1.165) is 21.6 Å². The van der Waals surface area contributed by atoms with Gasteiger partial charge in [-0.3, -0.25) is 10.1 Å². The molecule has 0 fully saturated rings. The molecule has 2 rings (SSSR count). The number of nitrogens with one attached hydrogen (secondary N) is 1. The molecule has 1 heterocycles. The lowest BCUT2D eigenvalue weighted by Gasteiger charge is -2.15. The molecule has 5 nitrogen and oxygen atoms in total. The summed E-state index contributed by atoms with van der Waals surface area (Å²) in [6.07, 6.45) is 0. The number of nitrogens with zero attached hydrogens (tertiary/aromatic N) is 2. The summed E-state index contributed by atoms with van der Waals surface area (Å²) in [5, 5.41) is 15.0. The van der Waals surface area contributed by atoms with Gasteiger partial charge >= 0.3 is 0 Å². The predicted octanol–water partition coefficient (Wildman–Crippen LogP) is 4.74. The van der Waals surface area contributed by atoms with Crippen LogP contribution in [-0.2, 0) is 0 Å². The molecule has 1 N–H and O–H groups in total. The van der Waals surface area contributed by atoms with Crippen LogP contribution in [-0.4, -0.2) is 9.91 Å². The highest BCUT2D eigenvalue weighted by Gasteiger charge is 2.21. The fraction of sp³-hybridized carbons (Fsp3) is 0.308. The molecule has 0 saturated carbocycles. The van der Waals surface area contributed by atoms with Crippen molar-refractivity contribution in [2.24, 2.45) is 0 Å². The first-order chi connectivity index (χ1) is 9.79. The SMILES string of the molecule is Cc1nc(C)c(C(C)Nc2cc(Br)c(F)cc2[N+](=O)[O-])s1. The zero-order valence-electron chi connectivity index (χ0n) is 11.6. The monoisotopic (exact) mass is 373 g/mol. The van der Waals surface area contributed by atoms with Crippen LogP contribution in [0.2, 0.25) is 0 Å². The third kappa shape index (κ3) is 3.38. The predicted molar refractivity (Wildman–Crippen MR) is 84.4 cm³/mol. The maximum absolute atomic E-state index is 13.5. The standard InChI is InChI=1S/C13H13BrFN3O2S/c1-6-13(21-8(3)16-6)7(2)17-11-4-9(14)10(15)5-12(11)18(19)20/h4-5,7,17H,1-3H3.